The molecule has 1 aliphatic rings. The molecule has 15 heavy (non-hydrogen) atoms. The molecule has 0 bridgehead atoms. The van der Waals surface area contributed by atoms with Crippen molar-refractivity contribution in [3.05, 3.63) is 0 Å². The van der Waals surface area contributed by atoms with Gasteiger partial charge in [0, 0.05) is 12.8 Å². The van der Waals surface area contributed by atoms with Gasteiger partial charge in [-0.1, -0.05) is 6.92 Å². The standard InChI is InChI=1S/C12H21NO2/c1-5-11(4,9-13)12(14)6-7-15-10(2,3)8-12/h14H,5-8H2,1-4H3. The van der Waals surface area contributed by atoms with Crippen LogP contribution in [-0.4, -0.2) is 22.9 Å². The molecule has 0 radical (unpaired) electrons. The smallest absolute Gasteiger partial charge is 0.0879 e. The predicted octanol–water partition coefficient (Wildman–Crippen LogP) is 2.25. The summed E-state index contributed by atoms with van der Waals surface area (Å²) in [5.41, 5.74) is -1.92. The number of hydrogen-bond donors (Lipinski definition) is 1. The highest BCUT2D eigenvalue weighted by atomic mass is 16.5. The van der Waals surface area contributed by atoms with Gasteiger partial charge in [0.15, 0.2) is 0 Å². The summed E-state index contributed by atoms with van der Waals surface area (Å²) in [6.07, 6.45) is 1.74. The molecule has 0 amide bonds. The van der Waals surface area contributed by atoms with Crippen LogP contribution < -0.4 is 0 Å². The first kappa shape index (κ1) is 12.5. The van der Waals surface area contributed by atoms with Crippen LogP contribution >= 0.6 is 0 Å². The van der Waals surface area contributed by atoms with E-state index in [1.54, 1.807) is 0 Å². The molecule has 86 valence electrons. The van der Waals surface area contributed by atoms with Gasteiger partial charge in [-0.2, -0.15) is 5.26 Å². The second kappa shape index (κ2) is 3.77. The maximum atomic E-state index is 10.6. The predicted molar refractivity (Wildman–Crippen MR) is 58.2 cm³/mol. The zero-order valence-electron chi connectivity index (χ0n) is 10.1. The number of nitriles is 1. The average Bonchev–Trinajstić information content (AvgIpc) is 2.14. The topological polar surface area (TPSA) is 53.2 Å². The Morgan fingerprint density at radius 3 is 2.53 bits per heavy atom. The van der Waals surface area contributed by atoms with Crippen molar-refractivity contribution in [2.75, 3.05) is 6.61 Å². The average molecular weight is 211 g/mol. The van der Waals surface area contributed by atoms with Crippen LogP contribution in [0, 0.1) is 16.7 Å². The highest BCUT2D eigenvalue weighted by Crippen LogP contribution is 2.45. The van der Waals surface area contributed by atoms with E-state index in [1.807, 2.05) is 27.7 Å². The molecule has 1 aliphatic heterocycles. The van der Waals surface area contributed by atoms with E-state index in [-0.39, 0.29) is 5.60 Å². The van der Waals surface area contributed by atoms with Gasteiger partial charge in [-0.3, -0.25) is 0 Å². The zero-order valence-corrected chi connectivity index (χ0v) is 10.1. The Kier molecular flexibility index (Phi) is 3.14. The number of ether oxygens (including phenoxy) is 1. The molecule has 2 atom stereocenters. The second-order valence-corrected chi connectivity index (χ2v) is 5.36. The van der Waals surface area contributed by atoms with E-state index in [2.05, 4.69) is 6.07 Å². The summed E-state index contributed by atoms with van der Waals surface area (Å²) in [5.74, 6) is 0. The van der Waals surface area contributed by atoms with Gasteiger partial charge in [-0.25, -0.2) is 0 Å². The third-order valence-corrected chi connectivity index (χ3v) is 3.71. The number of hydrogen-bond acceptors (Lipinski definition) is 3. The minimum Gasteiger partial charge on any atom is -0.388 e. The first-order chi connectivity index (χ1) is 6.79. The summed E-state index contributed by atoms with van der Waals surface area (Å²) >= 11 is 0. The Balaban J connectivity index is 2.96. The van der Waals surface area contributed by atoms with Crippen molar-refractivity contribution in [3.63, 3.8) is 0 Å². The van der Waals surface area contributed by atoms with E-state index in [0.29, 0.717) is 25.9 Å². The number of rotatable bonds is 2. The molecule has 0 aromatic rings. The van der Waals surface area contributed by atoms with Crippen LogP contribution in [0.2, 0.25) is 0 Å². The molecule has 1 heterocycles. The Labute approximate surface area is 92.0 Å². The van der Waals surface area contributed by atoms with Crippen LogP contribution in [-0.2, 0) is 4.74 Å². The summed E-state index contributed by atoms with van der Waals surface area (Å²) in [4.78, 5) is 0. The van der Waals surface area contributed by atoms with Crippen molar-refractivity contribution in [3.8, 4) is 6.07 Å². The summed E-state index contributed by atoms with van der Waals surface area (Å²) in [6.45, 7) is 8.24. The maximum Gasteiger partial charge on any atom is 0.0879 e. The van der Waals surface area contributed by atoms with Gasteiger partial charge in [-0.05, 0) is 27.2 Å². The second-order valence-electron chi connectivity index (χ2n) is 5.36. The van der Waals surface area contributed by atoms with Crippen molar-refractivity contribution < 1.29 is 9.84 Å². The number of aliphatic hydroxyl groups is 1. The third kappa shape index (κ3) is 2.16. The molecule has 1 N–H and O–H groups in total. The fourth-order valence-electron chi connectivity index (χ4n) is 2.32. The van der Waals surface area contributed by atoms with Gasteiger partial charge >= 0.3 is 0 Å². The summed E-state index contributed by atoms with van der Waals surface area (Å²) in [7, 11) is 0. The van der Waals surface area contributed by atoms with Gasteiger partial charge < -0.3 is 9.84 Å². The molecule has 0 aromatic carbocycles. The van der Waals surface area contributed by atoms with Gasteiger partial charge in [0.2, 0.25) is 0 Å². The molecule has 3 heteroatoms. The normalized spacial score (nSPS) is 34.1. The van der Waals surface area contributed by atoms with Crippen LogP contribution in [0.15, 0.2) is 0 Å². The van der Waals surface area contributed by atoms with Gasteiger partial charge in [0.05, 0.1) is 29.3 Å². The maximum absolute atomic E-state index is 10.6. The van der Waals surface area contributed by atoms with Crippen LogP contribution in [0.1, 0.15) is 47.0 Å². The highest BCUT2D eigenvalue weighted by molar-refractivity contribution is 5.11. The van der Waals surface area contributed by atoms with E-state index < -0.39 is 11.0 Å². The van der Waals surface area contributed by atoms with Crippen molar-refractivity contribution in [2.45, 2.75) is 58.2 Å². The van der Waals surface area contributed by atoms with E-state index in [4.69, 9.17) is 4.74 Å². The zero-order chi connectivity index (χ0) is 11.7. The number of nitrogens with zero attached hydrogens (tertiary/aromatic N) is 1. The quantitative estimate of drug-likeness (QED) is 0.762. The Morgan fingerprint density at radius 2 is 2.13 bits per heavy atom. The van der Waals surface area contributed by atoms with Crippen LogP contribution in [0.5, 0.6) is 0 Å². The van der Waals surface area contributed by atoms with Gasteiger partial charge in [0.1, 0.15) is 0 Å². The molecule has 1 rings (SSSR count). The highest BCUT2D eigenvalue weighted by Gasteiger charge is 2.51. The molecule has 1 saturated heterocycles. The molecular weight excluding hydrogens is 190 g/mol. The molecule has 0 spiro atoms. The van der Waals surface area contributed by atoms with Gasteiger partial charge in [0.25, 0.3) is 0 Å². The SMILES string of the molecule is CCC(C)(C#N)C1(O)CCOC(C)(C)C1. The summed E-state index contributed by atoms with van der Waals surface area (Å²) in [6, 6.07) is 2.27. The minimum atomic E-state index is -0.918. The Bertz CT molecular complexity index is 282. The lowest BCUT2D eigenvalue weighted by molar-refractivity contribution is -0.179. The fourth-order valence-corrected chi connectivity index (χ4v) is 2.32. The van der Waals surface area contributed by atoms with E-state index >= 15 is 0 Å². The van der Waals surface area contributed by atoms with Crippen molar-refractivity contribution in [1.82, 2.24) is 0 Å². The largest absolute Gasteiger partial charge is 0.388 e. The first-order valence-corrected chi connectivity index (χ1v) is 5.56. The molecule has 0 aromatic heterocycles. The van der Waals surface area contributed by atoms with Crippen molar-refractivity contribution in [1.29, 1.82) is 5.26 Å². The molecule has 2 unspecified atom stereocenters. The molecule has 3 nitrogen and oxygen atoms in total. The molecular formula is C12H21NO2. The van der Waals surface area contributed by atoms with E-state index in [0.717, 1.165) is 0 Å². The van der Waals surface area contributed by atoms with Crippen LogP contribution in [0.25, 0.3) is 0 Å². The summed E-state index contributed by atoms with van der Waals surface area (Å²) in [5, 5.41) is 19.8. The lowest BCUT2D eigenvalue weighted by Gasteiger charge is -2.48. The molecule has 0 aliphatic carbocycles. The first-order valence-electron chi connectivity index (χ1n) is 5.56. The Morgan fingerprint density at radius 1 is 1.53 bits per heavy atom. The summed E-state index contributed by atoms with van der Waals surface area (Å²) < 4.78 is 5.58. The van der Waals surface area contributed by atoms with E-state index in [9.17, 15) is 10.4 Å². The van der Waals surface area contributed by atoms with Crippen LogP contribution in [0.3, 0.4) is 0 Å². The monoisotopic (exact) mass is 211 g/mol. The lowest BCUT2D eigenvalue weighted by atomic mass is 9.65. The third-order valence-electron chi connectivity index (χ3n) is 3.71. The van der Waals surface area contributed by atoms with Crippen LogP contribution in [0.4, 0.5) is 0 Å². The molecule has 1 fully saturated rings. The van der Waals surface area contributed by atoms with E-state index in [1.165, 1.54) is 0 Å². The van der Waals surface area contributed by atoms with Gasteiger partial charge in [-0.15, -0.1) is 0 Å². The van der Waals surface area contributed by atoms with Crippen molar-refractivity contribution in [2.24, 2.45) is 5.41 Å². The minimum absolute atomic E-state index is 0.333. The Hall–Kier alpha value is -0.590. The van der Waals surface area contributed by atoms with Crippen molar-refractivity contribution >= 4 is 0 Å². The fraction of sp³-hybridized carbons (Fsp3) is 0.917. The lowest BCUT2D eigenvalue weighted by Crippen LogP contribution is -2.54. The molecule has 0 saturated carbocycles.